The summed E-state index contributed by atoms with van der Waals surface area (Å²) in [6, 6.07) is 1.86. The van der Waals surface area contributed by atoms with Gasteiger partial charge in [-0.15, -0.1) is 10.2 Å². The molecule has 9 heteroatoms. The lowest BCUT2D eigenvalue weighted by atomic mass is 10.4. The molecule has 0 aliphatic carbocycles. The number of rotatable bonds is 0. The predicted molar refractivity (Wildman–Crippen MR) is 36.0 cm³/mol. The monoisotopic (exact) mass is 239 g/mol. The minimum absolute atomic E-state index is 0.574. The SMILES string of the molecule is Cc1cc(C)n(C)[n+](=O)n1.[O-][Cl+3]([O-])([O-])[O-]. The Hall–Kier alpha value is -1.06. The van der Waals surface area contributed by atoms with E-state index in [0.29, 0.717) is 4.66 Å². The van der Waals surface area contributed by atoms with Crippen LogP contribution in [-0.2, 0) is 7.05 Å². The summed E-state index contributed by atoms with van der Waals surface area (Å²) in [5, 5.41) is 3.66. The highest BCUT2D eigenvalue weighted by Crippen LogP contribution is 1.91. The molecule has 0 bridgehead atoms. The largest absolute Gasteiger partial charge is 0.285 e. The Labute approximate surface area is 87.3 Å². The van der Waals surface area contributed by atoms with Crippen LogP contribution in [0.3, 0.4) is 0 Å². The zero-order chi connectivity index (χ0) is 12.2. The molecular weight excluding hydrogens is 230 g/mol. The second-order valence-electron chi connectivity index (χ2n) is 2.68. The molecule has 0 saturated heterocycles. The van der Waals surface area contributed by atoms with Crippen LogP contribution in [0.2, 0.25) is 0 Å². The van der Waals surface area contributed by atoms with Crippen molar-refractivity contribution in [1.29, 1.82) is 0 Å². The summed E-state index contributed by atoms with van der Waals surface area (Å²) in [6.45, 7) is 3.66. The topological polar surface area (TPSA) is 133 Å². The van der Waals surface area contributed by atoms with Gasteiger partial charge in [-0.05, 0) is 19.9 Å². The van der Waals surface area contributed by atoms with Gasteiger partial charge in [-0.25, -0.2) is 18.6 Å². The molecule has 1 heterocycles. The van der Waals surface area contributed by atoms with Crippen LogP contribution < -0.4 is 23.3 Å². The smallest absolute Gasteiger partial charge is 0.222 e. The average Bonchev–Trinajstić information content (AvgIpc) is 1.96. The van der Waals surface area contributed by atoms with Crippen LogP contribution in [0.15, 0.2) is 6.07 Å². The molecule has 0 aliphatic rings. The van der Waals surface area contributed by atoms with E-state index in [4.69, 9.17) is 18.6 Å². The third-order valence-corrected chi connectivity index (χ3v) is 1.43. The van der Waals surface area contributed by atoms with Gasteiger partial charge in [-0.3, -0.25) is 0 Å². The molecule has 0 saturated carbocycles. The van der Waals surface area contributed by atoms with Crippen LogP contribution in [0.1, 0.15) is 11.4 Å². The number of hydrogen-bond acceptors (Lipinski definition) is 6. The van der Waals surface area contributed by atoms with Crippen molar-refractivity contribution < 1.29 is 33.5 Å². The first-order chi connectivity index (χ1) is 6.61. The first-order valence-corrected chi connectivity index (χ1v) is 4.91. The number of nitrogens with zero attached hydrogens (tertiary/aromatic N) is 3. The van der Waals surface area contributed by atoms with Crippen molar-refractivity contribution in [2.45, 2.75) is 13.8 Å². The first-order valence-electron chi connectivity index (χ1n) is 3.67. The summed E-state index contributed by atoms with van der Waals surface area (Å²) in [5.41, 5.74) is 1.65. The Kier molecular flexibility index (Phi) is 4.78. The van der Waals surface area contributed by atoms with Gasteiger partial charge >= 0.3 is 0 Å². The molecule has 0 radical (unpaired) electrons. The maximum absolute atomic E-state index is 10.8. The van der Waals surface area contributed by atoms with Crippen molar-refractivity contribution >= 4 is 0 Å². The van der Waals surface area contributed by atoms with E-state index in [-0.39, 0.29) is 0 Å². The quantitative estimate of drug-likeness (QED) is 0.417. The minimum atomic E-state index is -4.94. The summed E-state index contributed by atoms with van der Waals surface area (Å²) in [4.78, 5) is 10.8. The second-order valence-corrected chi connectivity index (χ2v) is 3.44. The average molecular weight is 240 g/mol. The Morgan fingerprint density at radius 1 is 1.33 bits per heavy atom. The molecule has 1 aromatic rings. The van der Waals surface area contributed by atoms with Crippen molar-refractivity contribution in [3.8, 4) is 0 Å². The van der Waals surface area contributed by atoms with Gasteiger partial charge in [0.15, 0.2) is 0 Å². The van der Waals surface area contributed by atoms with E-state index in [0.717, 1.165) is 11.4 Å². The van der Waals surface area contributed by atoms with Gasteiger partial charge in [0, 0.05) is 0 Å². The van der Waals surface area contributed by atoms with Crippen molar-refractivity contribution in [2.24, 2.45) is 7.05 Å². The Bertz CT molecular complexity index is 379. The van der Waals surface area contributed by atoms with Crippen LogP contribution in [0, 0.1) is 29.0 Å². The van der Waals surface area contributed by atoms with Gasteiger partial charge in [0.25, 0.3) is 4.66 Å². The molecule has 0 atom stereocenters. The van der Waals surface area contributed by atoms with Gasteiger partial charge in [0.05, 0.1) is 22.7 Å². The highest BCUT2D eigenvalue weighted by molar-refractivity contribution is 5.00. The summed E-state index contributed by atoms with van der Waals surface area (Å²) < 4.78 is 36.0. The molecule has 0 aliphatic heterocycles. The van der Waals surface area contributed by atoms with E-state index < -0.39 is 10.2 Å². The van der Waals surface area contributed by atoms with Crippen molar-refractivity contribution in [1.82, 2.24) is 9.78 Å². The Morgan fingerprint density at radius 2 is 1.73 bits per heavy atom. The fraction of sp³-hybridized carbons (Fsp3) is 0.500. The Morgan fingerprint density at radius 3 is 2.07 bits per heavy atom. The molecular formula is C6H10ClN3O5. The van der Waals surface area contributed by atoms with Crippen LogP contribution >= 0.6 is 0 Å². The van der Waals surface area contributed by atoms with Crippen LogP contribution in [-0.4, -0.2) is 9.78 Å². The minimum Gasteiger partial charge on any atom is -0.222 e. The summed E-state index contributed by atoms with van der Waals surface area (Å²) >= 11 is 0. The Balaban J connectivity index is 0.000000336. The van der Waals surface area contributed by atoms with Gasteiger partial charge in [0.1, 0.15) is 5.69 Å². The van der Waals surface area contributed by atoms with Gasteiger partial charge in [-0.2, -0.15) is 0 Å². The molecule has 0 N–H and O–H groups in total. The zero-order valence-corrected chi connectivity index (χ0v) is 9.09. The maximum Gasteiger partial charge on any atom is 0.285 e. The third kappa shape index (κ3) is 6.94. The fourth-order valence-electron chi connectivity index (χ4n) is 0.762. The summed E-state index contributed by atoms with van der Waals surface area (Å²) in [5.74, 6) is 0. The third-order valence-electron chi connectivity index (χ3n) is 1.43. The van der Waals surface area contributed by atoms with E-state index in [2.05, 4.69) is 5.10 Å². The van der Waals surface area contributed by atoms with Crippen LogP contribution in [0.25, 0.3) is 0 Å². The molecule has 0 amide bonds. The highest BCUT2D eigenvalue weighted by Gasteiger charge is 2.03. The predicted octanol–water partition coefficient (Wildman–Crippen LogP) is -4.80. The van der Waals surface area contributed by atoms with E-state index in [1.807, 2.05) is 13.0 Å². The van der Waals surface area contributed by atoms with E-state index in [9.17, 15) is 4.91 Å². The van der Waals surface area contributed by atoms with Gasteiger partial charge < -0.3 is 0 Å². The van der Waals surface area contributed by atoms with Crippen molar-refractivity contribution in [2.75, 3.05) is 0 Å². The van der Waals surface area contributed by atoms with Gasteiger partial charge in [0.2, 0.25) is 0 Å². The summed E-state index contributed by atoms with van der Waals surface area (Å²) in [6.07, 6.45) is 0. The van der Waals surface area contributed by atoms with E-state index >= 15 is 0 Å². The van der Waals surface area contributed by atoms with E-state index in [1.54, 1.807) is 14.0 Å². The molecule has 0 unspecified atom stereocenters. The normalized spacial score (nSPS) is 10.6. The van der Waals surface area contributed by atoms with Crippen molar-refractivity contribution in [3.63, 3.8) is 0 Å². The molecule has 8 nitrogen and oxygen atoms in total. The zero-order valence-electron chi connectivity index (χ0n) is 8.34. The second kappa shape index (κ2) is 5.14. The molecule has 1 aromatic heterocycles. The van der Waals surface area contributed by atoms with Crippen LogP contribution in [0.5, 0.6) is 0 Å². The standard InChI is InChI=1S/C6H10N3O.ClHO4/c1-5-4-6(2)8(3)9(10)7-5;2-1(3,4)5/h4H,1-3H3;(H,2,3,4,5)/q+1;/p-1. The molecule has 0 fully saturated rings. The lowest BCUT2D eigenvalue weighted by Gasteiger charge is -2.17. The number of hydrogen-bond donors (Lipinski definition) is 0. The fourth-order valence-corrected chi connectivity index (χ4v) is 0.762. The lowest BCUT2D eigenvalue weighted by Crippen LogP contribution is -2.68. The number of halogens is 1. The number of aromatic nitrogens is 3. The highest BCUT2D eigenvalue weighted by atomic mass is 35.7. The van der Waals surface area contributed by atoms with E-state index in [1.165, 1.54) is 4.68 Å². The molecule has 86 valence electrons. The van der Waals surface area contributed by atoms with Gasteiger partial charge in [-0.1, -0.05) is 4.68 Å². The lowest BCUT2D eigenvalue weighted by molar-refractivity contribution is -2.00. The van der Waals surface area contributed by atoms with Crippen molar-refractivity contribution in [3.05, 3.63) is 22.4 Å². The molecule has 1 rings (SSSR count). The maximum atomic E-state index is 10.8. The summed E-state index contributed by atoms with van der Waals surface area (Å²) in [7, 11) is -3.27. The molecule has 0 aromatic carbocycles. The van der Waals surface area contributed by atoms with Crippen LogP contribution in [0.4, 0.5) is 0 Å². The number of aryl methyl sites for hydroxylation is 2. The first kappa shape index (κ1) is 13.9. The molecule has 0 spiro atoms. The molecule has 15 heavy (non-hydrogen) atoms.